The van der Waals surface area contributed by atoms with Crippen molar-refractivity contribution in [2.75, 3.05) is 5.32 Å². The second-order valence-electron chi connectivity index (χ2n) is 5.28. The summed E-state index contributed by atoms with van der Waals surface area (Å²) in [6.07, 6.45) is -3.07. The van der Waals surface area contributed by atoms with Crippen molar-refractivity contribution in [1.82, 2.24) is 4.98 Å². The van der Waals surface area contributed by atoms with E-state index < -0.39 is 11.7 Å². The molecule has 102 valence electrons. The first-order valence-electron chi connectivity index (χ1n) is 5.51. The van der Waals surface area contributed by atoms with Crippen LogP contribution in [0.4, 0.5) is 19.0 Å². The van der Waals surface area contributed by atoms with Gasteiger partial charge in [0, 0.05) is 16.7 Å². The number of aromatic nitrogens is 1. The Balaban J connectivity index is 3.10. The molecule has 0 fully saturated rings. The summed E-state index contributed by atoms with van der Waals surface area (Å²) in [4.78, 5) is 3.82. The van der Waals surface area contributed by atoms with Crippen LogP contribution in [-0.4, -0.2) is 11.0 Å². The third-order valence-electron chi connectivity index (χ3n) is 2.81. The van der Waals surface area contributed by atoms with Gasteiger partial charge in [-0.25, -0.2) is 4.98 Å². The normalized spacial score (nSPS) is 14.4. The Morgan fingerprint density at radius 3 is 2.28 bits per heavy atom. The second kappa shape index (κ2) is 5.07. The molecule has 0 saturated carbocycles. The quantitative estimate of drug-likeness (QED) is 0.852. The van der Waals surface area contributed by atoms with E-state index in [4.69, 9.17) is 0 Å². The Hall–Kier alpha value is -0.780. The SMILES string of the molecule is CC(Nc1ncc(Br)cc1C(F)(F)F)C(C)(C)C. The van der Waals surface area contributed by atoms with E-state index in [1.54, 1.807) is 0 Å². The summed E-state index contributed by atoms with van der Waals surface area (Å²) >= 11 is 3.00. The van der Waals surface area contributed by atoms with Gasteiger partial charge in [0.25, 0.3) is 0 Å². The first kappa shape index (κ1) is 15.3. The van der Waals surface area contributed by atoms with Crippen molar-refractivity contribution < 1.29 is 13.2 Å². The molecule has 1 N–H and O–H groups in total. The highest BCUT2D eigenvalue weighted by atomic mass is 79.9. The van der Waals surface area contributed by atoms with Crippen LogP contribution in [0.25, 0.3) is 0 Å². The van der Waals surface area contributed by atoms with Gasteiger partial charge < -0.3 is 5.32 Å². The molecule has 0 aromatic carbocycles. The molecule has 0 aliphatic heterocycles. The summed E-state index contributed by atoms with van der Waals surface area (Å²) in [6, 6.07) is 0.900. The summed E-state index contributed by atoms with van der Waals surface area (Å²) in [5.41, 5.74) is -0.912. The molecule has 6 heteroatoms. The van der Waals surface area contributed by atoms with Crippen LogP contribution in [0.2, 0.25) is 0 Å². The summed E-state index contributed by atoms with van der Waals surface area (Å²) in [5, 5.41) is 2.83. The highest BCUT2D eigenvalue weighted by Crippen LogP contribution is 2.36. The van der Waals surface area contributed by atoms with E-state index in [9.17, 15) is 13.2 Å². The van der Waals surface area contributed by atoms with Crippen LogP contribution in [0.15, 0.2) is 16.7 Å². The molecule has 1 rings (SSSR count). The molecular weight excluding hydrogens is 309 g/mol. The third kappa shape index (κ3) is 3.86. The molecule has 1 unspecified atom stereocenters. The van der Waals surface area contributed by atoms with E-state index in [-0.39, 0.29) is 17.3 Å². The minimum absolute atomic E-state index is 0.131. The summed E-state index contributed by atoms with van der Waals surface area (Å²) in [7, 11) is 0. The van der Waals surface area contributed by atoms with Gasteiger partial charge >= 0.3 is 6.18 Å². The summed E-state index contributed by atoms with van der Waals surface area (Å²) in [5.74, 6) is -0.131. The molecule has 18 heavy (non-hydrogen) atoms. The monoisotopic (exact) mass is 324 g/mol. The number of hydrogen-bond donors (Lipinski definition) is 1. The van der Waals surface area contributed by atoms with Crippen molar-refractivity contribution >= 4 is 21.7 Å². The number of anilines is 1. The second-order valence-corrected chi connectivity index (χ2v) is 6.20. The zero-order chi connectivity index (χ0) is 14.1. The van der Waals surface area contributed by atoms with Gasteiger partial charge in [-0.3, -0.25) is 0 Å². The topological polar surface area (TPSA) is 24.9 Å². The number of pyridine rings is 1. The van der Waals surface area contributed by atoms with Crippen LogP contribution in [0.1, 0.15) is 33.3 Å². The molecule has 1 aromatic rings. The van der Waals surface area contributed by atoms with Gasteiger partial charge in [-0.15, -0.1) is 0 Å². The molecule has 0 bridgehead atoms. The molecule has 0 radical (unpaired) electrons. The van der Waals surface area contributed by atoms with E-state index in [0.29, 0.717) is 4.47 Å². The van der Waals surface area contributed by atoms with E-state index in [2.05, 4.69) is 26.2 Å². The van der Waals surface area contributed by atoms with Crippen LogP contribution in [0.5, 0.6) is 0 Å². The molecule has 1 heterocycles. The highest BCUT2D eigenvalue weighted by molar-refractivity contribution is 9.10. The van der Waals surface area contributed by atoms with Crippen molar-refractivity contribution in [3.05, 3.63) is 22.3 Å². The molecular formula is C12H16BrF3N2. The maximum atomic E-state index is 12.9. The van der Waals surface area contributed by atoms with Crippen molar-refractivity contribution in [2.24, 2.45) is 5.41 Å². The smallest absolute Gasteiger partial charge is 0.367 e. The molecule has 0 aliphatic carbocycles. The zero-order valence-corrected chi connectivity index (χ0v) is 12.3. The standard InChI is InChI=1S/C12H16BrF3N2/c1-7(11(2,3)4)18-10-9(12(14,15)16)5-8(13)6-17-10/h5-7H,1-4H3,(H,17,18). The van der Waals surface area contributed by atoms with Crippen molar-refractivity contribution in [1.29, 1.82) is 0 Å². The summed E-state index contributed by atoms with van der Waals surface area (Å²) < 4.78 is 38.9. The lowest BCUT2D eigenvalue weighted by atomic mass is 9.88. The van der Waals surface area contributed by atoms with Crippen molar-refractivity contribution in [3.63, 3.8) is 0 Å². The van der Waals surface area contributed by atoms with E-state index in [1.807, 2.05) is 27.7 Å². The predicted molar refractivity (Wildman–Crippen MR) is 69.5 cm³/mol. The molecule has 2 nitrogen and oxygen atoms in total. The average molecular weight is 325 g/mol. The first-order chi connectivity index (χ1) is 8.01. The number of halogens is 4. The van der Waals surface area contributed by atoms with Gasteiger partial charge in [0.05, 0.1) is 5.56 Å². The largest absolute Gasteiger partial charge is 0.419 e. The van der Waals surface area contributed by atoms with Gasteiger partial charge in [0.2, 0.25) is 0 Å². The van der Waals surface area contributed by atoms with Gasteiger partial charge in [-0.2, -0.15) is 13.2 Å². The Kier molecular flexibility index (Phi) is 4.30. The fourth-order valence-corrected chi connectivity index (χ4v) is 1.52. The molecule has 1 atom stereocenters. The molecule has 0 aliphatic rings. The van der Waals surface area contributed by atoms with Gasteiger partial charge in [0.1, 0.15) is 5.82 Å². The zero-order valence-electron chi connectivity index (χ0n) is 10.7. The Labute approximate surface area is 113 Å². The Bertz CT molecular complexity index is 424. The number of alkyl halides is 3. The van der Waals surface area contributed by atoms with Crippen LogP contribution in [0.3, 0.4) is 0 Å². The number of nitrogens with zero attached hydrogens (tertiary/aromatic N) is 1. The summed E-state index contributed by atoms with van der Waals surface area (Å²) in [6.45, 7) is 7.70. The van der Waals surface area contributed by atoms with Crippen LogP contribution in [0, 0.1) is 5.41 Å². The van der Waals surface area contributed by atoms with E-state index in [1.165, 1.54) is 6.20 Å². The minimum atomic E-state index is -4.42. The first-order valence-corrected chi connectivity index (χ1v) is 6.30. The number of rotatable bonds is 2. The fraction of sp³-hybridized carbons (Fsp3) is 0.583. The van der Waals surface area contributed by atoms with Crippen molar-refractivity contribution in [3.8, 4) is 0 Å². The van der Waals surface area contributed by atoms with Crippen LogP contribution >= 0.6 is 15.9 Å². The maximum absolute atomic E-state index is 12.9. The molecule has 1 aromatic heterocycles. The Morgan fingerprint density at radius 2 is 1.83 bits per heavy atom. The van der Waals surface area contributed by atoms with E-state index >= 15 is 0 Å². The highest BCUT2D eigenvalue weighted by Gasteiger charge is 2.35. The Morgan fingerprint density at radius 1 is 1.28 bits per heavy atom. The van der Waals surface area contributed by atoms with Gasteiger partial charge in [-0.1, -0.05) is 20.8 Å². The molecule has 0 amide bonds. The van der Waals surface area contributed by atoms with Gasteiger partial charge in [-0.05, 0) is 34.3 Å². The van der Waals surface area contributed by atoms with E-state index in [0.717, 1.165) is 6.07 Å². The van der Waals surface area contributed by atoms with Crippen LogP contribution in [-0.2, 0) is 6.18 Å². The van der Waals surface area contributed by atoms with Gasteiger partial charge in [0.15, 0.2) is 0 Å². The lowest BCUT2D eigenvalue weighted by molar-refractivity contribution is -0.137. The number of hydrogen-bond acceptors (Lipinski definition) is 2. The molecule has 0 spiro atoms. The molecule has 0 saturated heterocycles. The lowest BCUT2D eigenvalue weighted by Gasteiger charge is -2.29. The average Bonchev–Trinajstić information content (AvgIpc) is 2.17. The lowest BCUT2D eigenvalue weighted by Crippen LogP contribution is -2.32. The van der Waals surface area contributed by atoms with Crippen LogP contribution < -0.4 is 5.32 Å². The van der Waals surface area contributed by atoms with Crippen molar-refractivity contribution in [2.45, 2.75) is 39.9 Å². The fourth-order valence-electron chi connectivity index (χ4n) is 1.19. The predicted octanol–water partition coefficient (Wildman–Crippen LogP) is 4.71. The minimum Gasteiger partial charge on any atom is -0.367 e. The number of nitrogens with one attached hydrogen (secondary N) is 1. The maximum Gasteiger partial charge on any atom is 0.419 e. The third-order valence-corrected chi connectivity index (χ3v) is 3.25.